The first-order chi connectivity index (χ1) is 14.9. The van der Waals surface area contributed by atoms with Crippen LogP contribution in [-0.2, 0) is 10.0 Å². The van der Waals surface area contributed by atoms with Crippen molar-refractivity contribution in [3.8, 4) is 17.2 Å². The largest absolute Gasteiger partial charge is 0.492 e. The van der Waals surface area contributed by atoms with Gasteiger partial charge in [0.1, 0.15) is 30.8 Å². The van der Waals surface area contributed by atoms with Gasteiger partial charge >= 0.3 is 0 Å². The van der Waals surface area contributed by atoms with Crippen LogP contribution in [0.1, 0.15) is 0 Å². The minimum atomic E-state index is -3.31. The average molecular weight is 447 g/mol. The van der Waals surface area contributed by atoms with E-state index in [0.29, 0.717) is 31.1 Å². The third-order valence-corrected chi connectivity index (χ3v) is 4.77. The van der Waals surface area contributed by atoms with Gasteiger partial charge in [0.2, 0.25) is 10.0 Å². The summed E-state index contributed by atoms with van der Waals surface area (Å²) in [4.78, 5) is 4.02. The van der Waals surface area contributed by atoms with E-state index in [9.17, 15) is 13.5 Å². The second-order valence-corrected chi connectivity index (χ2v) is 8.63. The minimum absolute atomic E-state index is 0.114. The van der Waals surface area contributed by atoms with E-state index in [2.05, 4.69) is 15.0 Å². The molecule has 1 aromatic heterocycles. The van der Waals surface area contributed by atoms with Gasteiger partial charge in [-0.1, -0.05) is 0 Å². The van der Waals surface area contributed by atoms with Crippen LogP contribution in [0.15, 0.2) is 67.3 Å². The predicted molar refractivity (Wildman–Crippen MR) is 118 cm³/mol. The monoisotopic (exact) mass is 446 g/mol. The third kappa shape index (κ3) is 7.93. The van der Waals surface area contributed by atoms with E-state index in [1.807, 2.05) is 35.0 Å². The standard InChI is InChI=1S/C21H26N4O5S/c1-31(27,28)24-17-2-6-21(7-3-17)30-15-19(26)14-22-11-13-29-20-8-4-18(5-9-20)25-12-10-23-16-25/h2-10,12,16,19,22,24,26H,11,13-15H2,1H3/t19-/m1/s1. The van der Waals surface area contributed by atoms with Gasteiger partial charge in [0.25, 0.3) is 0 Å². The molecule has 3 rings (SSSR count). The van der Waals surface area contributed by atoms with Crippen LogP contribution in [0, 0.1) is 0 Å². The van der Waals surface area contributed by atoms with E-state index in [1.165, 1.54) is 0 Å². The molecule has 0 fully saturated rings. The fourth-order valence-corrected chi connectivity index (χ4v) is 3.28. The second-order valence-electron chi connectivity index (χ2n) is 6.88. The zero-order valence-electron chi connectivity index (χ0n) is 17.1. The van der Waals surface area contributed by atoms with Crippen LogP contribution in [0.25, 0.3) is 5.69 Å². The fourth-order valence-electron chi connectivity index (χ4n) is 2.72. The summed E-state index contributed by atoms with van der Waals surface area (Å²) in [7, 11) is -3.31. The number of nitrogens with zero attached hydrogens (tertiary/aromatic N) is 2. The summed E-state index contributed by atoms with van der Waals surface area (Å²) in [6.07, 6.45) is 5.73. The summed E-state index contributed by atoms with van der Waals surface area (Å²) >= 11 is 0. The van der Waals surface area contributed by atoms with Crippen molar-refractivity contribution in [3.05, 3.63) is 67.3 Å². The number of aliphatic hydroxyl groups excluding tert-OH is 1. The maximum Gasteiger partial charge on any atom is 0.229 e. The molecular formula is C21H26N4O5S. The van der Waals surface area contributed by atoms with Gasteiger partial charge in [0.05, 0.1) is 12.6 Å². The molecule has 0 radical (unpaired) electrons. The highest BCUT2D eigenvalue weighted by atomic mass is 32.2. The van der Waals surface area contributed by atoms with Crippen LogP contribution in [0.4, 0.5) is 5.69 Å². The molecule has 31 heavy (non-hydrogen) atoms. The highest BCUT2D eigenvalue weighted by Crippen LogP contribution is 2.17. The van der Waals surface area contributed by atoms with Crippen molar-refractivity contribution in [1.82, 2.24) is 14.9 Å². The maximum atomic E-state index is 11.2. The van der Waals surface area contributed by atoms with Gasteiger partial charge < -0.3 is 24.5 Å². The van der Waals surface area contributed by atoms with Crippen LogP contribution in [0.5, 0.6) is 11.5 Å². The highest BCUT2D eigenvalue weighted by Gasteiger charge is 2.06. The molecule has 3 N–H and O–H groups in total. The Balaban J connectivity index is 1.29. The van der Waals surface area contributed by atoms with E-state index in [-0.39, 0.29) is 6.61 Å². The quantitative estimate of drug-likeness (QED) is 0.363. The lowest BCUT2D eigenvalue weighted by Gasteiger charge is -2.14. The molecule has 2 aromatic carbocycles. The van der Waals surface area contributed by atoms with E-state index >= 15 is 0 Å². The Bertz CT molecular complexity index is 1020. The van der Waals surface area contributed by atoms with Gasteiger partial charge in [-0.05, 0) is 48.5 Å². The van der Waals surface area contributed by atoms with E-state index in [1.54, 1.807) is 36.8 Å². The van der Waals surface area contributed by atoms with Crippen LogP contribution < -0.4 is 19.5 Å². The van der Waals surface area contributed by atoms with Crippen LogP contribution in [0.3, 0.4) is 0 Å². The molecular weight excluding hydrogens is 420 g/mol. The lowest BCUT2D eigenvalue weighted by Crippen LogP contribution is -2.33. The van der Waals surface area contributed by atoms with Crippen molar-refractivity contribution in [2.24, 2.45) is 0 Å². The first-order valence-corrected chi connectivity index (χ1v) is 11.6. The summed E-state index contributed by atoms with van der Waals surface area (Å²) < 4.78 is 37.9. The number of hydrogen-bond donors (Lipinski definition) is 3. The summed E-state index contributed by atoms with van der Waals surface area (Å²) in [5, 5.41) is 13.1. The van der Waals surface area contributed by atoms with E-state index < -0.39 is 16.1 Å². The molecule has 0 saturated carbocycles. The molecule has 0 aliphatic heterocycles. The first kappa shape index (κ1) is 22.6. The van der Waals surface area contributed by atoms with Crippen LogP contribution in [-0.4, -0.2) is 61.7 Å². The Hall–Kier alpha value is -3.08. The molecule has 0 unspecified atom stereocenters. The number of aliphatic hydroxyl groups is 1. The van der Waals surface area contributed by atoms with Gasteiger partial charge in [0, 0.05) is 36.9 Å². The molecule has 0 amide bonds. The molecule has 0 aliphatic carbocycles. The summed E-state index contributed by atoms with van der Waals surface area (Å²) in [6, 6.07) is 14.2. The molecule has 9 nitrogen and oxygen atoms in total. The molecule has 1 atom stereocenters. The molecule has 3 aromatic rings. The fraction of sp³-hybridized carbons (Fsp3) is 0.286. The lowest BCUT2D eigenvalue weighted by molar-refractivity contribution is 0.105. The molecule has 1 heterocycles. The number of imidazole rings is 1. The Morgan fingerprint density at radius 1 is 1.06 bits per heavy atom. The average Bonchev–Trinajstić information content (AvgIpc) is 3.27. The molecule has 0 aliphatic rings. The third-order valence-electron chi connectivity index (χ3n) is 4.17. The lowest BCUT2D eigenvalue weighted by atomic mass is 10.3. The van der Waals surface area contributed by atoms with Crippen LogP contribution >= 0.6 is 0 Å². The van der Waals surface area contributed by atoms with Gasteiger partial charge in [-0.2, -0.15) is 0 Å². The Labute approximate surface area is 181 Å². The minimum Gasteiger partial charge on any atom is -0.492 e. The predicted octanol–water partition coefficient (Wildman–Crippen LogP) is 1.65. The van der Waals surface area contributed by atoms with Crippen molar-refractivity contribution in [3.63, 3.8) is 0 Å². The summed E-state index contributed by atoms with van der Waals surface area (Å²) in [5.41, 5.74) is 1.46. The van der Waals surface area contributed by atoms with Crippen molar-refractivity contribution in [2.45, 2.75) is 6.10 Å². The topological polar surface area (TPSA) is 115 Å². The van der Waals surface area contributed by atoms with Gasteiger partial charge in [0.15, 0.2) is 0 Å². The molecule has 10 heteroatoms. The first-order valence-electron chi connectivity index (χ1n) is 9.70. The van der Waals surface area contributed by atoms with Crippen molar-refractivity contribution >= 4 is 15.7 Å². The normalized spacial score (nSPS) is 12.3. The number of sulfonamides is 1. The number of ether oxygens (including phenoxy) is 2. The Kier molecular flexibility index (Phi) is 7.88. The molecule has 0 spiro atoms. The zero-order valence-corrected chi connectivity index (χ0v) is 18.0. The molecule has 166 valence electrons. The highest BCUT2D eigenvalue weighted by molar-refractivity contribution is 7.92. The molecule has 0 bridgehead atoms. The number of rotatable bonds is 12. The van der Waals surface area contributed by atoms with Crippen molar-refractivity contribution < 1.29 is 23.0 Å². The van der Waals surface area contributed by atoms with Gasteiger partial charge in [-0.3, -0.25) is 4.72 Å². The number of nitrogens with one attached hydrogen (secondary N) is 2. The zero-order chi connectivity index (χ0) is 22.1. The van der Waals surface area contributed by atoms with Crippen molar-refractivity contribution in [1.29, 1.82) is 0 Å². The number of benzene rings is 2. The summed E-state index contributed by atoms with van der Waals surface area (Å²) in [5.74, 6) is 1.31. The Morgan fingerprint density at radius 2 is 1.74 bits per heavy atom. The Morgan fingerprint density at radius 3 is 2.39 bits per heavy atom. The number of aromatic nitrogens is 2. The SMILES string of the molecule is CS(=O)(=O)Nc1ccc(OC[C@H](O)CNCCOc2ccc(-n3ccnc3)cc2)cc1. The van der Waals surface area contributed by atoms with Gasteiger partial charge in [-0.15, -0.1) is 0 Å². The smallest absolute Gasteiger partial charge is 0.229 e. The second kappa shape index (κ2) is 10.8. The number of anilines is 1. The van der Waals surface area contributed by atoms with Gasteiger partial charge in [-0.25, -0.2) is 13.4 Å². The van der Waals surface area contributed by atoms with E-state index in [4.69, 9.17) is 9.47 Å². The van der Waals surface area contributed by atoms with Crippen LogP contribution in [0.2, 0.25) is 0 Å². The maximum absolute atomic E-state index is 11.2. The van der Waals surface area contributed by atoms with E-state index in [0.717, 1.165) is 17.7 Å². The summed E-state index contributed by atoms with van der Waals surface area (Å²) in [6.45, 7) is 1.51. The number of hydrogen-bond acceptors (Lipinski definition) is 7. The molecule has 0 saturated heterocycles. The van der Waals surface area contributed by atoms with Crippen molar-refractivity contribution in [2.75, 3.05) is 37.3 Å².